The quantitative estimate of drug-likeness (QED) is 0.667. The predicted octanol–water partition coefficient (Wildman–Crippen LogP) is -0.496. The van der Waals surface area contributed by atoms with Gasteiger partial charge >= 0.3 is 0 Å². The largest absolute Gasteiger partial charge is 0.381 e. The summed E-state index contributed by atoms with van der Waals surface area (Å²) in [5, 5.41) is 3.30. The van der Waals surface area contributed by atoms with Gasteiger partial charge in [0, 0.05) is 19.7 Å². The van der Waals surface area contributed by atoms with Gasteiger partial charge in [0.15, 0.2) is 0 Å². The summed E-state index contributed by atoms with van der Waals surface area (Å²) < 4.78 is 30.7. The van der Waals surface area contributed by atoms with Crippen molar-refractivity contribution in [2.45, 2.75) is 6.92 Å². The number of nitrogens with one attached hydrogen (secondary N) is 1. The summed E-state index contributed by atoms with van der Waals surface area (Å²) >= 11 is 0. The molecule has 2 atom stereocenters. The van der Waals surface area contributed by atoms with Crippen LogP contribution >= 0.6 is 0 Å². The van der Waals surface area contributed by atoms with Gasteiger partial charge in [-0.05, 0) is 31.8 Å². The Labute approximate surface area is 97.2 Å². The van der Waals surface area contributed by atoms with E-state index in [1.165, 1.54) is 0 Å². The molecule has 2 aliphatic heterocycles. The zero-order valence-electron chi connectivity index (χ0n) is 9.68. The van der Waals surface area contributed by atoms with Gasteiger partial charge in [0.25, 0.3) is 0 Å². The van der Waals surface area contributed by atoms with E-state index in [4.69, 9.17) is 4.74 Å². The molecule has 1 N–H and O–H groups in total. The molecular weight excluding hydrogens is 228 g/mol. The molecule has 94 valence electrons. The number of hydrogen-bond acceptors (Lipinski definition) is 4. The Morgan fingerprint density at radius 1 is 1.31 bits per heavy atom. The Morgan fingerprint density at radius 3 is 2.50 bits per heavy atom. The molecule has 2 unspecified atom stereocenters. The standard InChI is InChI=1S/C10H20N2O3S/c1-2-15-3-4-16(13,14)12-7-9-5-11-6-10(9)8-12/h9-11H,2-8H2,1H3. The molecule has 0 radical (unpaired) electrons. The van der Waals surface area contributed by atoms with Crippen LogP contribution in [0.2, 0.25) is 0 Å². The third-order valence-electron chi connectivity index (χ3n) is 3.44. The molecular formula is C10H20N2O3S. The maximum atomic E-state index is 12.0. The first-order chi connectivity index (χ1) is 7.63. The van der Waals surface area contributed by atoms with Crippen molar-refractivity contribution in [1.82, 2.24) is 9.62 Å². The van der Waals surface area contributed by atoms with Crippen LogP contribution in [-0.4, -0.2) is 57.9 Å². The average molecular weight is 248 g/mol. The minimum atomic E-state index is -3.09. The van der Waals surface area contributed by atoms with E-state index in [1.807, 2.05) is 6.92 Å². The van der Waals surface area contributed by atoms with Crippen molar-refractivity contribution in [3.63, 3.8) is 0 Å². The second-order valence-electron chi connectivity index (χ2n) is 4.51. The number of sulfonamides is 1. The van der Waals surface area contributed by atoms with Crippen molar-refractivity contribution in [1.29, 1.82) is 0 Å². The molecule has 2 rings (SSSR count). The Morgan fingerprint density at radius 2 is 1.94 bits per heavy atom. The molecule has 0 saturated carbocycles. The highest BCUT2D eigenvalue weighted by atomic mass is 32.2. The predicted molar refractivity (Wildman–Crippen MR) is 61.7 cm³/mol. The van der Waals surface area contributed by atoms with E-state index in [1.54, 1.807) is 4.31 Å². The van der Waals surface area contributed by atoms with Crippen LogP contribution in [0.15, 0.2) is 0 Å². The van der Waals surface area contributed by atoms with Gasteiger partial charge in [0.2, 0.25) is 10.0 Å². The van der Waals surface area contributed by atoms with E-state index < -0.39 is 10.0 Å². The second-order valence-corrected chi connectivity index (χ2v) is 6.60. The lowest BCUT2D eigenvalue weighted by molar-refractivity contribution is 0.162. The lowest BCUT2D eigenvalue weighted by Gasteiger charge is -2.17. The molecule has 5 nitrogen and oxygen atoms in total. The van der Waals surface area contributed by atoms with Crippen LogP contribution in [0.4, 0.5) is 0 Å². The number of fused-ring (bicyclic) bond motifs is 1. The first kappa shape index (κ1) is 12.3. The molecule has 0 amide bonds. The van der Waals surface area contributed by atoms with Gasteiger partial charge in [0.1, 0.15) is 0 Å². The van der Waals surface area contributed by atoms with Crippen LogP contribution in [0.3, 0.4) is 0 Å². The first-order valence-corrected chi connectivity index (χ1v) is 7.50. The molecule has 0 aromatic carbocycles. The van der Waals surface area contributed by atoms with Crippen molar-refractivity contribution in [2.24, 2.45) is 11.8 Å². The molecule has 16 heavy (non-hydrogen) atoms. The van der Waals surface area contributed by atoms with Crippen molar-refractivity contribution in [3.05, 3.63) is 0 Å². The minimum absolute atomic E-state index is 0.119. The van der Waals surface area contributed by atoms with Crippen LogP contribution in [0.1, 0.15) is 6.92 Å². The zero-order valence-corrected chi connectivity index (χ0v) is 10.5. The van der Waals surface area contributed by atoms with Gasteiger partial charge in [0.05, 0.1) is 12.4 Å². The van der Waals surface area contributed by atoms with Crippen molar-refractivity contribution < 1.29 is 13.2 Å². The Balaban J connectivity index is 1.88. The lowest BCUT2D eigenvalue weighted by Crippen LogP contribution is -2.34. The average Bonchev–Trinajstić information content (AvgIpc) is 2.76. The van der Waals surface area contributed by atoms with E-state index in [2.05, 4.69) is 5.32 Å². The van der Waals surface area contributed by atoms with E-state index in [0.717, 1.165) is 13.1 Å². The number of ether oxygens (including phenoxy) is 1. The monoisotopic (exact) mass is 248 g/mol. The van der Waals surface area contributed by atoms with Gasteiger partial charge in [-0.15, -0.1) is 0 Å². The summed E-state index contributed by atoms with van der Waals surface area (Å²) in [5.74, 6) is 1.15. The number of hydrogen-bond donors (Lipinski definition) is 1. The van der Waals surface area contributed by atoms with Crippen molar-refractivity contribution in [3.8, 4) is 0 Å². The van der Waals surface area contributed by atoms with Gasteiger partial charge < -0.3 is 10.1 Å². The topological polar surface area (TPSA) is 58.6 Å². The van der Waals surface area contributed by atoms with Gasteiger partial charge in [-0.2, -0.15) is 0 Å². The molecule has 6 heteroatoms. The molecule has 2 heterocycles. The molecule has 0 aromatic heterocycles. The highest BCUT2D eigenvalue weighted by Gasteiger charge is 2.40. The lowest BCUT2D eigenvalue weighted by atomic mass is 10.0. The summed E-state index contributed by atoms with van der Waals surface area (Å²) in [6.45, 7) is 6.05. The van der Waals surface area contributed by atoms with E-state index >= 15 is 0 Å². The second kappa shape index (κ2) is 5.00. The summed E-state index contributed by atoms with van der Waals surface area (Å²) in [5.41, 5.74) is 0. The third-order valence-corrected chi connectivity index (χ3v) is 5.21. The molecule has 2 saturated heterocycles. The highest BCUT2D eigenvalue weighted by molar-refractivity contribution is 7.89. The fourth-order valence-electron chi connectivity index (χ4n) is 2.48. The van der Waals surface area contributed by atoms with Crippen molar-refractivity contribution in [2.75, 3.05) is 45.1 Å². The van der Waals surface area contributed by atoms with Crippen LogP contribution in [0.5, 0.6) is 0 Å². The Bertz CT molecular complexity index is 319. The molecule has 0 spiro atoms. The van der Waals surface area contributed by atoms with Gasteiger partial charge in [-0.1, -0.05) is 0 Å². The third kappa shape index (κ3) is 2.56. The van der Waals surface area contributed by atoms with Gasteiger partial charge in [-0.3, -0.25) is 0 Å². The maximum absolute atomic E-state index is 12.0. The van der Waals surface area contributed by atoms with E-state index in [0.29, 0.717) is 38.1 Å². The first-order valence-electron chi connectivity index (χ1n) is 5.89. The molecule has 2 fully saturated rings. The summed E-state index contributed by atoms with van der Waals surface area (Å²) in [6.07, 6.45) is 0. The maximum Gasteiger partial charge on any atom is 0.216 e. The molecule has 0 aromatic rings. The van der Waals surface area contributed by atoms with Crippen LogP contribution in [0.25, 0.3) is 0 Å². The van der Waals surface area contributed by atoms with E-state index in [9.17, 15) is 8.42 Å². The summed E-state index contributed by atoms with van der Waals surface area (Å²) in [7, 11) is -3.09. The van der Waals surface area contributed by atoms with Crippen LogP contribution < -0.4 is 5.32 Å². The fraction of sp³-hybridized carbons (Fsp3) is 1.00. The Kier molecular flexibility index (Phi) is 3.84. The fourth-order valence-corrected chi connectivity index (χ4v) is 3.90. The highest BCUT2D eigenvalue weighted by Crippen LogP contribution is 2.28. The SMILES string of the molecule is CCOCCS(=O)(=O)N1CC2CNCC2C1. The molecule has 0 bridgehead atoms. The smallest absolute Gasteiger partial charge is 0.216 e. The summed E-state index contributed by atoms with van der Waals surface area (Å²) in [6, 6.07) is 0. The molecule has 2 aliphatic rings. The van der Waals surface area contributed by atoms with Crippen LogP contribution in [0, 0.1) is 11.8 Å². The Hall–Kier alpha value is -0.170. The van der Waals surface area contributed by atoms with E-state index in [-0.39, 0.29) is 5.75 Å². The molecule has 0 aliphatic carbocycles. The van der Waals surface area contributed by atoms with Gasteiger partial charge in [-0.25, -0.2) is 12.7 Å². The zero-order chi connectivity index (χ0) is 11.6. The van der Waals surface area contributed by atoms with Crippen molar-refractivity contribution >= 4 is 10.0 Å². The summed E-state index contributed by atoms with van der Waals surface area (Å²) in [4.78, 5) is 0. The van der Waals surface area contributed by atoms with Crippen LogP contribution in [-0.2, 0) is 14.8 Å². The number of rotatable bonds is 5. The number of nitrogens with zero attached hydrogens (tertiary/aromatic N) is 1. The minimum Gasteiger partial charge on any atom is -0.381 e. The normalized spacial score (nSPS) is 30.8.